The smallest absolute Gasteiger partial charge is 0.218 e. The number of guanidine groups is 1. The standard InChI is InChI=1S/C28H28N4O3/c1-32-27(30)31-28(35-32)15-6-11-24(34-23-9-3-2-4-10-23)14-16-33-26-13-12-22(18-25(26)28)21-8-5-7-20(17-21)19-29/h2-5,7-10,12-13,17-18,24H,6,11,14-16H2,1H3,(H2,30,31). The summed E-state index contributed by atoms with van der Waals surface area (Å²) in [6.07, 6.45) is 3.06. The summed E-state index contributed by atoms with van der Waals surface area (Å²) in [5.74, 6) is 1.88. The van der Waals surface area contributed by atoms with Gasteiger partial charge in [0.05, 0.1) is 23.8 Å². The summed E-state index contributed by atoms with van der Waals surface area (Å²) in [6, 6.07) is 25.6. The van der Waals surface area contributed by atoms with Crippen molar-refractivity contribution in [3.63, 3.8) is 0 Å². The minimum Gasteiger partial charge on any atom is -0.493 e. The number of hydrogen-bond donors (Lipinski definition) is 1. The molecule has 178 valence electrons. The van der Waals surface area contributed by atoms with E-state index in [1.807, 2.05) is 66.7 Å². The minimum absolute atomic E-state index is 0.0180. The van der Waals surface area contributed by atoms with E-state index in [0.29, 0.717) is 30.3 Å². The molecular formula is C28H28N4O3. The van der Waals surface area contributed by atoms with E-state index >= 15 is 0 Å². The van der Waals surface area contributed by atoms with Gasteiger partial charge in [0.15, 0.2) is 0 Å². The fourth-order valence-corrected chi connectivity index (χ4v) is 4.63. The molecule has 0 amide bonds. The number of nitriles is 1. The molecule has 2 unspecified atom stereocenters. The number of rotatable bonds is 3. The second kappa shape index (κ2) is 9.69. The Morgan fingerprint density at radius 1 is 1.06 bits per heavy atom. The summed E-state index contributed by atoms with van der Waals surface area (Å²) in [5.41, 5.74) is 8.51. The molecular weight excluding hydrogens is 440 g/mol. The number of hydrogen-bond acceptors (Lipinski definition) is 7. The highest BCUT2D eigenvalue weighted by molar-refractivity contribution is 5.79. The summed E-state index contributed by atoms with van der Waals surface area (Å²) in [5, 5.41) is 10.8. The molecule has 7 nitrogen and oxygen atoms in total. The predicted molar refractivity (Wildman–Crippen MR) is 134 cm³/mol. The quantitative estimate of drug-likeness (QED) is 0.583. The average Bonchev–Trinajstić information content (AvgIpc) is 3.18. The molecule has 2 N–H and O–H groups in total. The lowest BCUT2D eigenvalue weighted by Crippen LogP contribution is -2.33. The number of ether oxygens (including phenoxy) is 2. The van der Waals surface area contributed by atoms with Gasteiger partial charge in [-0.1, -0.05) is 36.4 Å². The molecule has 3 aromatic carbocycles. The first-order valence-electron chi connectivity index (χ1n) is 11.8. The third-order valence-corrected chi connectivity index (χ3v) is 6.42. The predicted octanol–water partition coefficient (Wildman–Crippen LogP) is 4.97. The Morgan fingerprint density at radius 2 is 1.89 bits per heavy atom. The molecule has 2 heterocycles. The first-order chi connectivity index (χ1) is 17.1. The van der Waals surface area contributed by atoms with Gasteiger partial charge in [-0.25, -0.2) is 14.9 Å². The van der Waals surface area contributed by atoms with Gasteiger partial charge in [0.25, 0.3) is 0 Å². The van der Waals surface area contributed by atoms with Crippen molar-refractivity contribution < 1.29 is 14.3 Å². The first-order valence-corrected chi connectivity index (χ1v) is 11.8. The lowest BCUT2D eigenvalue weighted by Gasteiger charge is -2.31. The highest BCUT2D eigenvalue weighted by atomic mass is 16.7. The first kappa shape index (κ1) is 22.8. The molecule has 0 radical (unpaired) electrons. The van der Waals surface area contributed by atoms with E-state index in [1.54, 1.807) is 13.1 Å². The molecule has 0 aromatic heterocycles. The summed E-state index contributed by atoms with van der Waals surface area (Å²) in [6.45, 7) is 0.499. The van der Waals surface area contributed by atoms with Crippen LogP contribution < -0.4 is 15.2 Å². The van der Waals surface area contributed by atoms with Gasteiger partial charge in [-0.15, -0.1) is 0 Å². The van der Waals surface area contributed by atoms with Crippen LogP contribution in [-0.2, 0) is 10.6 Å². The zero-order chi connectivity index (χ0) is 24.3. The monoisotopic (exact) mass is 468 g/mol. The largest absolute Gasteiger partial charge is 0.493 e. The molecule has 0 bridgehead atoms. The molecule has 3 aromatic rings. The summed E-state index contributed by atoms with van der Waals surface area (Å²) in [4.78, 5) is 11.1. The molecule has 0 aliphatic carbocycles. The van der Waals surface area contributed by atoms with Gasteiger partial charge < -0.3 is 15.2 Å². The SMILES string of the molecule is CN1OC2(CCCC(Oc3ccccc3)CCOc3ccc(-c4cccc(C#N)c4)cc32)N=C1N. The summed E-state index contributed by atoms with van der Waals surface area (Å²) < 4.78 is 12.5. The van der Waals surface area contributed by atoms with Crippen LogP contribution >= 0.6 is 0 Å². The molecule has 0 saturated carbocycles. The lowest BCUT2D eigenvalue weighted by atomic mass is 9.91. The molecule has 1 spiro atoms. The van der Waals surface area contributed by atoms with E-state index in [4.69, 9.17) is 25.0 Å². The van der Waals surface area contributed by atoms with Crippen LogP contribution in [0.2, 0.25) is 0 Å². The molecule has 0 saturated heterocycles. The van der Waals surface area contributed by atoms with E-state index < -0.39 is 5.72 Å². The molecule has 2 atom stereocenters. The van der Waals surface area contributed by atoms with E-state index in [0.717, 1.165) is 41.7 Å². The molecule has 2 aliphatic heterocycles. The van der Waals surface area contributed by atoms with Crippen LogP contribution in [0.5, 0.6) is 11.5 Å². The van der Waals surface area contributed by atoms with Crippen LogP contribution in [0.25, 0.3) is 11.1 Å². The normalized spacial score (nSPS) is 22.0. The number of fused-ring (bicyclic) bond motifs is 2. The van der Waals surface area contributed by atoms with E-state index in [1.165, 1.54) is 5.06 Å². The summed E-state index contributed by atoms with van der Waals surface area (Å²) >= 11 is 0. The maximum absolute atomic E-state index is 9.33. The lowest BCUT2D eigenvalue weighted by molar-refractivity contribution is -0.177. The van der Waals surface area contributed by atoms with Crippen molar-refractivity contribution in [2.45, 2.75) is 37.5 Å². The van der Waals surface area contributed by atoms with Gasteiger partial charge in [-0.2, -0.15) is 5.26 Å². The Kier molecular flexibility index (Phi) is 6.30. The third-order valence-electron chi connectivity index (χ3n) is 6.42. The molecule has 5 rings (SSSR count). The second-order valence-corrected chi connectivity index (χ2v) is 8.83. The number of nitrogens with two attached hydrogens (primary N) is 1. The average molecular weight is 469 g/mol. The van der Waals surface area contributed by atoms with Gasteiger partial charge in [0.2, 0.25) is 11.7 Å². The van der Waals surface area contributed by atoms with E-state index in [-0.39, 0.29) is 6.10 Å². The minimum atomic E-state index is -0.994. The Labute approximate surface area is 205 Å². The van der Waals surface area contributed by atoms with Crippen LogP contribution in [0, 0.1) is 11.3 Å². The second-order valence-electron chi connectivity index (χ2n) is 8.83. The Morgan fingerprint density at radius 3 is 2.66 bits per heavy atom. The van der Waals surface area contributed by atoms with Crippen LogP contribution in [0.3, 0.4) is 0 Å². The van der Waals surface area contributed by atoms with Crippen molar-refractivity contribution in [3.8, 4) is 28.7 Å². The third kappa shape index (κ3) is 4.79. The van der Waals surface area contributed by atoms with Crippen molar-refractivity contribution in [2.75, 3.05) is 13.7 Å². The molecule has 35 heavy (non-hydrogen) atoms. The molecule has 7 heteroatoms. The molecule has 0 fully saturated rings. The maximum atomic E-state index is 9.33. The van der Waals surface area contributed by atoms with E-state index in [2.05, 4.69) is 6.07 Å². The topological polar surface area (TPSA) is 93.1 Å². The summed E-state index contributed by atoms with van der Waals surface area (Å²) in [7, 11) is 1.76. The van der Waals surface area contributed by atoms with Gasteiger partial charge in [-0.3, -0.25) is 0 Å². The van der Waals surface area contributed by atoms with Crippen molar-refractivity contribution >= 4 is 5.96 Å². The van der Waals surface area contributed by atoms with Gasteiger partial charge in [0.1, 0.15) is 17.6 Å². The highest BCUT2D eigenvalue weighted by Gasteiger charge is 2.43. The number of aliphatic imine (C=N–C) groups is 1. The van der Waals surface area contributed by atoms with Crippen molar-refractivity contribution in [1.82, 2.24) is 5.06 Å². The molecule has 2 aliphatic rings. The Balaban J connectivity index is 1.50. The Hall–Kier alpha value is -4.02. The van der Waals surface area contributed by atoms with Crippen LogP contribution in [-0.4, -0.2) is 30.8 Å². The van der Waals surface area contributed by atoms with E-state index in [9.17, 15) is 5.26 Å². The number of para-hydroxylation sites is 1. The number of benzene rings is 3. The number of hydroxylamine groups is 2. The Bertz CT molecular complexity index is 1270. The van der Waals surface area contributed by atoms with Crippen LogP contribution in [0.15, 0.2) is 77.8 Å². The van der Waals surface area contributed by atoms with Gasteiger partial charge in [0, 0.05) is 19.9 Å². The zero-order valence-electron chi connectivity index (χ0n) is 19.7. The van der Waals surface area contributed by atoms with Gasteiger partial charge in [-0.05, 0) is 60.4 Å². The maximum Gasteiger partial charge on any atom is 0.218 e. The van der Waals surface area contributed by atoms with Crippen molar-refractivity contribution in [1.29, 1.82) is 5.26 Å². The van der Waals surface area contributed by atoms with Crippen molar-refractivity contribution in [3.05, 3.63) is 83.9 Å². The van der Waals surface area contributed by atoms with Crippen molar-refractivity contribution in [2.24, 2.45) is 10.7 Å². The fraction of sp³-hybridized carbons (Fsp3) is 0.286. The highest BCUT2D eigenvalue weighted by Crippen LogP contribution is 2.44. The van der Waals surface area contributed by atoms with Crippen LogP contribution in [0.1, 0.15) is 36.8 Å². The zero-order valence-corrected chi connectivity index (χ0v) is 19.7. The van der Waals surface area contributed by atoms with Gasteiger partial charge >= 0.3 is 0 Å². The fourth-order valence-electron chi connectivity index (χ4n) is 4.63. The number of nitrogens with zero attached hydrogens (tertiary/aromatic N) is 3. The van der Waals surface area contributed by atoms with Crippen LogP contribution in [0.4, 0.5) is 0 Å².